The molecule has 5 nitrogen and oxygen atoms in total. The van der Waals surface area contributed by atoms with Gasteiger partial charge < -0.3 is 19.3 Å². The predicted octanol–water partition coefficient (Wildman–Crippen LogP) is 5.23. The van der Waals surface area contributed by atoms with E-state index < -0.39 is 12.1 Å². The number of rotatable bonds is 13. The number of amides is 1. The summed E-state index contributed by atoms with van der Waals surface area (Å²) in [5, 5.41) is 0. The lowest BCUT2D eigenvalue weighted by Crippen LogP contribution is -2.41. The number of ether oxygens (including phenoxy) is 2. The minimum absolute atomic E-state index is 0.0320. The molecule has 1 aliphatic rings. The van der Waals surface area contributed by atoms with Gasteiger partial charge in [0.2, 0.25) is 0 Å². The highest BCUT2D eigenvalue weighted by Crippen LogP contribution is 2.21. The molecule has 0 saturated carbocycles. The minimum Gasteiger partial charge on any atom is -0.381 e. The second-order valence-corrected chi connectivity index (χ2v) is 8.75. The van der Waals surface area contributed by atoms with Crippen molar-refractivity contribution in [2.75, 3.05) is 51.0 Å². The Kier molecular flexibility index (Phi) is 10.9. The molecule has 0 aromatic heterocycles. The summed E-state index contributed by atoms with van der Waals surface area (Å²) in [4.78, 5) is 15.0. The van der Waals surface area contributed by atoms with E-state index in [1.165, 1.54) is 11.3 Å². The van der Waals surface area contributed by atoms with E-state index in [1.54, 1.807) is 30.3 Å². The molecule has 1 heterocycles. The van der Waals surface area contributed by atoms with Crippen LogP contribution in [-0.2, 0) is 27.2 Å². The molecule has 0 radical (unpaired) electrons. The maximum atomic E-state index is 13.0. The zero-order valence-electron chi connectivity index (χ0n) is 20.1. The molecule has 1 amide bonds. The number of anilines is 1. The maximum Gasteiger partial charge on any atom is 0.471 e. The standard InChI is InChI=1S/C27H35F3N2O3/c28-27(29,30)26(33)32(22-24-8-4-3-5-9-24)15-6-1-2-7-18-34-19-14-23-10-12-25(13-11-23)31-16-20-35-21-17-31/h3-5,8-13H,1-2,6-7,14-22H2. The van der Waals surface area contributed by atoms with Gasteiger partial charge in [0.05, 0.1) is 19.8 Å². The first-order valence-electron chi connectivity index (χ1n) is 12.3. The Morgan fingerprint density at radius 3 is 2.26 bits per heavy atom. The van der Waals surface area contributed by atoms with Crippen molar-refractivity contribution in [2.24, 2.45) is 0 Å². The van der Waals surface area contributed by atoms with E-state index in [0.717, 1.165) is 56.9 Å². The Balaban J connectivity index is 1.27. The molecule has 0 N–H and O–H groups in total. The summed E-state index contributed by atoms with van der Waals surface area (Å²) in [7, 11) is 0. The molecule has 0 unspecified atom stereocenters. The molecule has 1 saturated heterocycles. The van der Waals surface area contributed by atoms with Crippen LogP contribution in [0.25, 0.3) is 0 Å². The van der Waals surface area contributed by atoms with Gasteiger partial charge in [-0.3, -0.25) is 4.79 Å². The lowest BCUT2D eigenvalue weighted by atomic mass is 10.1. The quantitative estimate of drug-likeness (QED) is 0.359. The van der Waals surface area contributed by atoms with E-state index in [4.69, 9.17) is 9.47 Å². The third kappa shape index (κ3) is 9.53. The van der Waals surface area contributed by atoms with Gasteiger partial charge in [0.1, 0.15) is 0 Å². The SMILES string of the molecule is O=C(N(CCCCCCOCCc1ccc(N2CCOCC2)cc1)Cc1ccccc1)C(F)(F)F. The number of morpholine rings is 1. The zero-order chi connectivity index (χ0) is 24.9. The van der Waals surface area contributed by atoms with Gasteiger partial charge in [0, 0.05) is 38.5 Å². The Hall–Kier alpha value is -2.58. The molecule has 0 bridgehead atoms. The summed E-state index contributed by atoms with van der Waals surface area (Å²) in [5.41, 5.74) is 3.14. The summed E-state index contributed by atoms with van der Waals surface area (Å²) >= 11 is 0. The first kappa shape index (κ1) is 27.0. The van der Waals surface area contributed by atoms with Gasteiger partial charge in [0.25, 0.3) is 0 Å². The van der Waals surface area contributed by atoms with Gasteiger partial charge in [-0.1, -0.05) is 55.3 Å². The molecular formula is C27H35F3N2O3. The maximum absolute atomic E-state index is 13.0. The smallest absolute Gasteiger partial charge is 0.381 e. The van der Waals surface area contributed by atoms with Gasteiger partial charge in [-0.05, 0) is 42.5 Å². The lowest BCUT2D eigenvalue weighted by molar-refractivity contribution is -0.186. The highest BCUT2D eigenvalue weighted by atomic mass is 19.4. The van der Waals surface area contributed by atoms with Crippen LogP contribution in [0.3, 0.4) is 0 Å². The predicted molar refractivity (Wildman–Crippen MR) is 130 cm³/mol. The number of unbranched alkanes of at least 4 members (excludes halogenated alkanes) is 3. The molecule has 0 aliphatic carbocycles. The number of carbonyl (C=O) groups is 1. The van der Waals surface area contributed by atoms with Crippen LogP contribution in [0.2, 0.25) is 0 Å². The van der Waals surface area contributed by atoms with E-state index in [-0.39, 0.29) is 13.1 Å². The molecule has 1 aliphatic heterocycles. The molecule has 0 spiro atoms. The number of halogens is 3. The number of alkyl halides is 3. The molecule has 3 rings (SSSR count). The van der Waals surface area contributed by atoms with Crippen LogP contribution in [0.15, 0.2) is 54.6 Å². The van der Waals surface area contributed by atoms with E-state index in [1.807, 2.05) is 0 Å². The number of hydrogen-bond donors (Lipinski definition) is 0. The van der Waals surface area contributed by atoms with E-state index >= 15 is 0 Å². The fraction of sp³-hybridized carbons (Fsp3) is 0.519. The average Bonchev–Trinajstić information content (AvgIpc) is 2.87. The van der Waals surface area contributed by atoms with Crippen LogP contribution in [-0.4, -0.2) is 63.0 Å². The van der Waals surface area contributed by atoms with Gasteiger partial charge in [-0.25, -0.2) is 0 Å². The van der Waals surface area contributed by atoms with E-state index in [9.17, 15) is 18.0 Å². The summed E-state index contributed by atoms with van der Waals surface area (Å²) in [6, 6.07) is 17.3. The van der Waals surface area contributed by atoms with E-state index in [0.29, 0.717) is 25.2 Å². The molecular weight excluding hydrogens is 457 g/mol. The fourth-order valence-corrected chi connectivity index (χ4v) is 4.08. The number of carbonyl (C=O) groups excluding carboxylic acids is 1. The second kappa shape index (κ2) is 14.1. The van der Waals surface area contributed by atoms with Gasteiger partial charge >= 0.3 is 12.1 Å². The third-order valence-corrected chi connectivity index (χ3v) is 6.06. The average molecular weight is 493 g/mol. The van der Waals surface area contributed by atoms with Gasteiger partial charge in [0.15, 0.2) is 0 Å². The molecule has 192 valence electrons. The van der Waals surface area contributed by atoms with Crippen molar-refractivity contribution in [1.82, 2.24) is 4.90 Å². The lowest BCUT2D eigenvalue weighted by Gasteiger charge is -2.28. The zero-order valence-corrected chi connectivity index (χ0v) is 20.1. The largest absolute Gasteiger partial charge is 0.471 e. The first-order chi connectivity index (χ1) is 16.9. The van der Waals surface area contributed by atoms with Crippen LogP contribution in [0.1, 0.15) is 36.8 Å². The molecule has 35 heavy (non-hydrogen) atoms. The molecule has 8 heteroatoms. The van der Waals surface area contributed by atoms with Crippen molar-refractivity contribution in [1.29, 1.82) is 0 Å². The molecule has 2 aromatic carbocycles. The number of benzene rings is 2. The Labute approximate surface area is 205 Å². The fourth-order valence-electron chi connectivity index (χ4n) is 4.08. The summed E-state index contributed by atoms with van der Waals surface area (Å²) in [6.07, 6.45) is -1.02. The number of hydrogen-bond acceptors (Lipinski definition) is 4. The summed E-state index contributed by atoms with van der Waals surface area (Å²) in [6.45, 7) is 4.71. The van der Waals surface area contributed by atoms with Crippen molar-refractivity contribution in [3.8, 4) is 0 Å². The van der Waals surface area contributed by atoms with Gasteiger partial charge in [-0.15, -0.1) is 0 Å². The van der Waals surface area contributed by atoms with Crippen molar-refractivity contribution < 1.29 is 27.4 Å². The topological polar surface area (TPSA) is 42.0 Å². The minimum atomic E-state index is -4.86. The Morgan fingerprint density at radius 1 is 0.886 bits per heavy atom. The Bertz CT molecular complexity index is 869. The molecule has 0 atom stereocenters. The molecule has 2 aromatic rings. The second-order valence-electron chi connectivity index (χ2n) is 8.75. The Morgan fingerprint density at radius 2 is 1.57 bits per heavy atom. The highest BCUT2D eigenvalue weighted by molar-refractivity contribution is 5.81. The van der Waals surface area contributed by atoms with Crippen molar-refractivity contribution in [3.63, 3.8) is 0 Å². The van der Waals surface area contributed by atoms with Gasteiger partial charge in [-0.2, -0.15) is 13.2 Å². The highest BCUT2D eigenvalue weighted by Gasteiger charge is 2.42. The van der Waals surface area contributed by atoms with Crippen molar-refractivity contribution in [3.05, 3.63) is 65.7 Å². The summed E-state index contributed by atoms with van der Waals surface area (Å²) in [5.74, 6) is -1.78. The van der Waals surface area contributed by atoms with Crippen LogP contribution in [0.5, 0.6) is 0 Å². The van der Waals surface area contributed by atoms with Crippen molar-refractivity contribution in [2.45, 2.75) is 44.8 Å². The van der Waals surface area contributed by atoms with E-state index in [2.05, 4.69) is 29.2 Å². The van der Waals surface area contributed by atoms with Crippen LogP contribution >= 0.6 is 0 Å². The van der Waals surface area contributed by atoms with Crippen molar-refractivity contribution >= 4 is 11.6 Å². The molecule has 1 fully saturated rings. The normalized spacial score (nSPS) is 14.2. The monoisotopic (exact) mass is 492 g/mol. The van der Waals surface area contributed by atoms with Crippen LogP contribution in [0.4, 0.5) is 18.9 Å². The first-order valence-corrected chi connectivity index (χ1v) is 12.3. The van der Waals surface area contributed by atoms with Crippen LogP contribution in [0, 0.1) is 0 Å². The summed E-state index contributed by atoms with van der Waals surface area (Å²) < 4.78 is 50.0. The third-order valence-electron chi connectivity index (χ3n) is 6.06. The van der Waals surface area contributed by atoms with Crippen LogP contribution < -0.4 is 4.90 Å². The number of nitrogens with zero attached hydrogens (tertiary/aromatic N) is 2.